The van der Waals surface area contributed by atoms with Crippen LogP contribution in [0.3, 0.4) is 0 Å². The molecule has 13 heavy (non-hydrogen) atoms. The number of hydrogen-bond donors (Lipinski definition) is 0. The lowest BCUT2D eigenvalue weighted by Gasteiger charge is -2.13. The molecule has 1 nitrogen and oxygen atoms in total. The quantitative estimate of drug-likeness (QED) is 0.589. The van der Waals surface area contributed by atoms with Gasteiger partial charge in [0.15, 0.2) is 0 Å². The highest BCUT2D eigenvalue weighted by Crippen LogP contribution is 2.25. The van der Waals surface area contributed by atoms with Crippen molar-refractivity contribution in [1.29, 1.82) is 0 Å². The fraction of sp³-hybridized carbons (Fsp3) is 0.667. The van der Waals surface area contributed by atoms with Crippen LogP contribution in [-0.4, -0.2) is 25.0 Å². The second-order valence-electron chi connectivity index (χ2n) is 4.11. The van der Waals surface area contributed by atoms with Crippen molar-refractivity contribution in [2.45, 2.75) is 27.2 Å². The van der Waals surface area contributed by atoms with Gasteiger partial charge < -0.3 is 4.90 Å². The molecule has 1 saturated heterocycles. The van der Waals surface area contributed by atoms with Crippen molar-refractivity contribution in [3.63, 3.8) is 0 Å². The molecule has 0 aromatic heterocycles. The molecule has 0 saturated carbocycles. The Balaban J connectivity index is 2.66. The molecule has 0 aromatic carbocycles. The molecule has 74 valence electrons. The van der Waals surface area contributed by atoms with E-state index >= 15 is 0 Å². The Labute approximate surface area is 82.1 Å². The Bertz CT molecular complexity index is 225. The summed E-state index contributed by atoms with van der Waals surface area (Å²) >= 11 is 0. The molecule has 0 spiro atoms. The van der Waals surface area contributed by atoms with Crippen LogP contribution in [0.1, 0.15) is 27.2 Å². The summed E-state index contributed by atoms with van der Waals surface area (Å²) in [5, 5.41) is 0. The van der Waals surface area contributed by atoms with Gasteiger partial charge >= 0.3 is 0 Å². The Hall–Kier alpha value is -0.560. The van der Waals surface area contributed by atoms with Gasteiger partial charge in [-0.25, -0.2) is 0 Å². The fourth-order valence-corrected chi connectivity index (χ4v) is 1.99. The maximum atomic E-state index is 2.41. The highest BCUT2D eigenvalue weighted by Gasteiger charge is 2.21. The van der Waals surface area contributed by atoms with Gasteiger partial charge in [0.2, 0.25) is 0 Å². The van der Waals surface area contributed by atoms with Crippen molar-refractivity contribution in [1.82, 2.24) is 4.90 Å². The van der Waals surface area contributed by atoms with Crippen LogP contribution in [-0.2, 0) is 0 Å². The summed E-state index contributed by atoms with van der Waals surface area (Å²) in [7, 11) is 2.21. The van der Waals surface area contributed by atoms with Gasteiger partial charge in [-0.1, -0.05) is 23.3 Å². The summed E-state index contributed by atoms with van der Waals surface area (Å²) in [6.07, 6.45) is 5.67. The summed E-state index contributed by atoms with van der Waals surface area (Å²) in [6, 6.07) is 0. The van der Waals surface area contributed by atoms with Gasteiger partial charge in [-0.3, -0.25) is 0 Å². The highest BCUT2D eigenvalue weighted by atomic mass is 15.1. The van der Waals surface area contributed by atoms with E-state index in [1.54, 1.807) is 5.57 Å². The average Bonchev–Trinajstić information content (AvgIpc) is 2.51. The van der Waals surface area contributed by atoms with E-state index in [9.17, 15) is 0 Å². The fourth-order valence-electron chi connectivity index (χ4n) is 1.99. The van der Waals surface area contributed by atoms with Crippen molar-refractivity contribution in [2.75, 3.05) is 20.1 Å². The molecule has 1 atom stereocenters. The first-order chi connectivity index (χ1) is 6.15. The molecule has 1 unspecified atom stereocenters. The average molecular weight is 179 g/mol. The van der Waals surface area contributed by atoms with Gasteiger partial charge in [0.1, 0.15) is 0 Å². The summed E-state index contributed by atoms with van der Waals surface area (Å²) in [6.45, 7) is 9.07. The zero-order chi connectivity index (χ0) is 9.84. The predicted molar refractivity (Wildman–Crippen MR) is 58.8 cm³/mol. The van der Waals surface area contributed by atoms with Crippen molar-refractivity contribution in [3.8, 4) is 0 Å². The Morgan fingerprint density at radius 2 is 2.08 bits per heavy atom. The number of rotatable bonds is 2. The van der Waals surface area contributed by atoms with Gasteiger partial charge in [-0.2, -0.15) is 0 Å². The lowest BCUT2D eigenvalue weighted by molar-refractivity contribution is 0.405. The number of nitrogens with zero attached hydrogens (tertiary/aromatic N) is 1. The maximum Gasteiger partial charge on any atom is 0.00445 e. The minimum absolute atomic E-state index is 0.793. The van der Waals surface area contributed by atoms with Gasteiger partial charge in [-0.15, -0.1) is 0 Å². The number of allylic oxidation sites excluding steroid dienone is 3. The number of hydrogen-bond acceptors (Lipinski definition) is 1. The van der Waals surface area contributed by atoms with Crippen LogP contribution in [0.5, 0.6) is 0 Å². The van der Waals surface area contributed by atoms with Crippen LogP contribution in [0.4, 0.5) is 0 Å². The van der Waals surface area contributed by atoms with Gasteiger partial charge in [0.05, 0.1) is 0 Å². The van der Waals surface area contributed by atoms with E-state index < -0.39 is 0 Å². The molecule has 0 N–H and O–H groups in total. The normalized spacial score (nSPS) is 26.9. The van der Waals surface area contributed by atoms with Crippen LogP contribution in [0.15, 0.2) is 23.3 Å². The molecule has 1 aliphatic heterocycles. The van der Waals surface area contributed by atoms with Crippen molar-refractivity contribution < 1.29 is 0 Å². The topological polar surface area (TPSA) is 3.24 Å². The largest absolute Gasteiger partial charge is 0.306 e. The lowest BCUT2D eigenvalue weighted by Crippen LogP contribution is -2.14. The second kappa shape index (κ2) is 4.61. The van der Waals surface area contributed by atoms with Crippen LogP contribution < -0.4 is 0 Å². The van der Waals surface area contributed by atoms with Crippen LogP contribution in [0, 0.1) is 5.92 Å². The van der Waals surface area contributed by atoms with Crippen LogP contribution >= 0.6 is 0 Å². The molecule has 1 fully saturated rings. The molecule has 0 radical (unpaired) electrons. The molecular formula is C12H21N. The van der Waals surface area contributed by atoms with Crippen molar-refractivity contribution >= 4 is 0 Å². The second-order valence-corrected chi connectivity index (χ2v) is 4.11. The zero-order valence-electron chi connectivity index (χ0n) is 9.30. The minimum Gasteiger partial charge on any atom is -0.306 e. The molecule has 1 heterocycles. The van der Waals surface area contributed by atoms with Gasteiger partial charge in [0, 0.05) is 6.54 Å². The van der Waals surface area contributed by atoms with E-state index in [0.717, 1.165) is 5.92 Å². The Kier molecular flexibility index (Phi) is 3.73. The third kappa shape index (κ3) is 2.70. The third-order valence-corrected chi connectivity index (χ3v) is 3.04. The van der Waals surface area contributed by atoms with E-state index in [-0.39, 0.29) is 0 Å². The Morgan fingerprint density at radius 3 is 2.54 bits per heavy atom. The lowest BCUT2D eigenvalue weighted by atomic mass is 9.95. The molecule has 0 aliphatic carbocycles. The first-order valence-electron chi connectivity index (χ1n) is 5.13. The van der Waals surface area contributed by atoms with Crippen LogP contribution in [0.2, 0.25) is 0 Å². The number of likely N-dealkylation sites (tertiary alicyclic amines) is 1. The smallest absolute Gasteiger partial charge is 0.00445 e. The van der Waals surface area contributed by atoms with E-state index in [1.807, 2.05) is 0 Å². The van der Waals surface area contributed by atoms with E-state index in [1.165, 1.54) is 25.1 Å². The maximum absolute atomic E-state index is 2.41. The molecule has 1 heteroatoms. The first-order valence-corrected chi connectivity index (χ1v) is 5.13. The van der Waals surface area contributed by atoms with E-state index in [2.05, 4.69) is 44.9 Å². The molecule has 1 aliphatic rings. The first kappa shape index (κ1) is 10.5. The molecular weight excluding hydrogens is 158 g/mol. The minimum atomic E-state index is 0.793. The SMILES string of the molecule is C/C=C\C(C)=C(\C)C1CCN(C)C1. The van der Waals surface area contributed by atoms with Crippen molar-refractivity contribution in [3.05, 3.63) is 23.3 Å². The zero-order valence-corrected chi connectivity index (χ0v) is 9.30. The van der Waals surface area contributed by atoms with Crippen LogP contribution in [0.25, 0.3) is 0 Å². The molecule has 0 aromatic rings. The van der Waals surface area contributed by atoms with Crippen molar-refractivity contribution in [2.24, 2.45) is 5.92 Å². The summed E-state index contributed by atoms with van der Waals surface area (Å²) < 4.78 is 0. The summed E-state index contributed by atoms with van der Waals surface area (Å²) in [5.41, 5.74) is 3.02. The Morgan fingerprint density at radius 1 is 1.38 bits per heavy atom. The monoisotopic (exact) mass is 179 g/mol. The standard InChI is InChI=1S/C12H21N/c1-5-6-10(2)11(3)12-7-8-13(4)9-12/h5-6,12H,7-9H2,1-4H3/b6-5-,11-10-. The molecule has 0 amide bonds. The predicted octanol–water partition coefficient (Wildman–Crippen LogP) is 2.85. The molecule has 1 rings (SSSR count). The van der Waals surface area contributed by atoms with E-state index in [0.29, 0.717) is 0 Å². The third-order valence-electron chi connectivity index (χ3n) is 3.04. The highest BCUT2D eigenvalue weighted by molar-refractivity contribution is 5.24. The summed E-state index contributed by atoms with van der Waals surface area (Å²) in [5.74, 6) is 0.793. The molecule has 0 bridgehead atoms. The van der Waals surface area contributed by atoms with Gasteiger partial charge in [-0.05, 0) is 46.7 Å². The van der Waals surface area contributed by atoms with Gasteiger partial charge in [0.25, 0.3) is 0 Å². The van der Waals surface area contributed by atoms with E-state index in [4.69, 9.17) is 0 Å². The summed E-state index contributed by atoms with van der Waals surface area (Å²) in [4.78, 5) is 2.41.